The monoisotopic (exact) mass is 435 g/mol. The molecule has 2 bridgehead atoms. The number of fused-ring (bicyclic) bond motifs is 2. The van der Waals surface area contributed by atoms with Crippen LogP contribution in [0.3, 0.4) is 0 Å². The molecule has 2 aromatic carbocycles. The Labute approximate surface area is 177 Å². The molecule has 0 spiro atoms. The van der Waals surface area contributed by atoms with E-state index < -0.39 is 24.0 Å². The van der Waals surface area contributed by atoms with Gasteiger partial charge in [-0.2, -0.15) is 0 Å². The van der Waals surface area contributed by atoms with Crippen LogP contribution >= 0.6 is 0 Å². The van der Waals surface area contributed by atoms with E-state index in [4.69, 9.17) is 4.74 Å². The number of rotatable bonds is 4. The van der Waals surface area contributed by atoms with Gasteiger partial charge in [0.25, 0.3) is 0 Å². The molecular formula is C23H21F4NO3. The van der Waals surface area contributed by atoms with Gasteiger partial charge in [0.1, 0.15) is 6.61 Å². The lowest BCUT2D eigenvalue weighted by atomic mass is 9.83. The Balaban J connectivity index is 1.49. The normalized spacial score (nSPS) is 20.8. The third kappa shape index (κ3) is 5.00. The van der Waals surface area contributed by atoms with Gasteiger partial charge in [-0.1, -0.05) is 42.5 Å². The van der Waals surface area contributed by atoms with E-state index in [9.17, 15) is 22.4 Å². The second kappa shape index (κ2) is 8.61. The lowest BCUT2D eigenvalue weighted by Gasteiger charge is -2.44. The molecule has 31 heavy (non-hydrogen) atoms. The first-order valence-corrected chi connectivity index (χ1v) is 10.1. The van der Waals surface area contributed by atoms with Gasteiger partial charge in [-0.25, -0.2) is 9.18 Å². The minimum atomic E-state index is -4.95. The summed E-state index contributed by atoms with van der Waals surface area (Å²) in [5.41, 5.74) is 2.19. The summed E-state index contributed by atoms with van der Waals surface area (Å²) in [5, 5.41) is 0. The molecule has 1 saturated heterocycles. The lowest BCUT2D eigenvalue weighted by Crippen LogP contribution is -2.51. The molecule has 0 aliphatic carbocycles. The van der Waals surface area contributed by atoms with Crippen molar-refractivity contribution < 1.29 is 31.8 Å². The lowest BCUT2D eigenvalue weighted by molar-refractivity contribution is -0.275. The molecule has 2 atom stereocenters. The molecule has 2 unspecified atom stereocenters. The molecule has 0 N–H and O–H groups in total. The van der Waals surface area contributed by atoms with E-state index in [1.165, 1.54) is 6.07 Å². The van der Waals surface area contributed by atoms with Crippen molar-refractivity contribution in [1.82, 2.24) is 4.90 Å². The molecule has 0 radical (unpaired) electrons. The highest BCUT2D eigenvalue weighted by molar-refractivity contribution is 5.74. The topological polar surface area (TPSA) is 38.8 Å². The Hall–Kier alpha value is -3.03. The van der Waals surface area contributed by atoms with Gasteiger partial charge in [0.05, 0.1) is 6.04 Å². The minimum absolute atomic E-state index is 0.101. The fourth-order valence-electron chi connectivity index (χ4n) is 4.23. The third-order valence-corrected chi connectivity index (χ3v) is 5.58. The molecule has 4 rings (SSSR count). The van der Waals surface area contributed by atoms with Crippen LogP contribution in [-0.4, -0.2) is 29.4 Å². The van der Waals surface area contributed by atoms with Gasteiger partial charge in [0.15, 0.2) is 11.6 Å². The number of ether oxygens (including phenoxy) is 2. The molecule has 0 saturated carbocycles. The number of halogens is 4. The molecular weight excluding hydrogens is 414 g/mol. The first-order chi connectivity index (χ1) is 14.8. The Morgan fingerprint density at radius 3 is 2.55 bits per heavy atom. The summed E-state index contributed by atoms with van der Waals surface area (Å²) in [7, 11) is 0. The quantitative estimate of drug-likeness (QED) is 0.547. The van der Waals surface area contributed by atoms with Gasteiger partial charge < -0.3 is 9.47 Å². The number of alkyl halides is 3. The molecule has 8 heteroatoms. The van der Waals surface area contributed by atoms with Crippen LogP contribution < -0.4 is 4.74 Å². The van der Waals surface area contributed by atoms with Crippen molar-refractivity contribution >= 4 is 11.7 Å². The molecule has 2 aliphatic rings. The van der Waals surface area contributed by atoms with Crippen LogP contribution in [0.4, 0.5) is 22.4 Å². The molecule has 0 aromatic heterocycles. The van der Waals surface area contributed by atoms with Crippen molar-refractivity contribution in [3.05, 3.63) is 71.6 Å². The zero-order valence-electron chi connectivity index (χ0n) is 16.6. The molecule has 164 valence electrons. The maximum absolute atomic E-state index is 14.2. The average Bonchev–Trinajstić information content (AvgIpc) is 2.72. The predicted molar refractivity (Wildman–Crippen MR) is 106 cm³/mol. The minimum Gasteiger partial charge on any atom is -0.445 e. The number of nitrogens with zero attached hydrogens (tertiary/aromatic N) is 1. The highest BCUT2D eigenvalue weighted by Crippen LogP contribution is 2.38. The van der Waals surface area contributed by atoms with Crippen molar-refractivity contribution in [3.8, 4) is 5.75 Å². The van der Waals surface area contributed by atoms with E-state index in [0.29, 0.717) is 12.0 Å². The van der Waals surface area contributed by atoms with Crippen LogP contribution in [0, 0.1) is 5.82 Å². The van der Waals surface area contributed by atoms with Gasteiger partial charge in [-0.15, -0.1) is 13.2 Å². The summed E-state index contributed by atoms with van der Waals surface area (Å²) in [6.45, 7) is 0.179. The summed E-state index contributed by atoms with van der Waals surface area (Å²) in [4.78, 5) is 14.5. The van der Waals surface area contributed by atoms with E-state index in [-0.39, 0.29) is 18.7 Å². The Bertz CT molecular complexity index is 975. The van der Waals surface area contributed by atoms with Crippen LogP contribution in [0.5, 0.6) is 5.75 Å². The number of amides is 1. The highest BCUT2D eigenvalue weighted by Gasteiger charge is 2.38. The summed E-state index contributed by atoms with van der Waals surface area (Å²) in [6.07, 6.45) is -0.495. The maximum atomic E-state index is 14.2. The zero-order valence-corrected chi connectivity index (χ0v) is 16.6. The Morgan fingerprint density at radius 1 is 1.10 bits per heavy atom. The van der Waals surface area contributed by atoms with Crippen LogP contribution in [-0.2, 0) is 11.3 Å². The van der Waals surface area contributed by atoms with Crippen molar-refractivity contribution in [1.29, 1.82) is 0 Å². The fourth-order valence-corrected chi connectivity index (χ4v) is 4.23. The van der Waals surface area contributed by atoms with E-state index in [0.717, 1.165) is 42.5 Å². The molecule has 2 aliphatic heterocycles. The number of carbonyl (C=O) groups is 1. The van der Waals surface area contributed by atoms with E-state index in [1.807, 2.05) is 36.4 Å². The summed E-state index contributed by atoms with van der Waals surface area (Å²) in [6, 6.07) is 12.5. The van der Waals surface area contributed by atoms with Gasteiger partial charge in [0.2, 0.25) is 0 Å². The molecule has 1 fully saturated rings. The largest absolute Gasteiger partial charge is 0.573 e. The smallest absolute Gasteiger partial charge is 0.445 e. The van der Waals surface area contributed by atoms with E-state index in [2.05, 4.69) is 4.74 Å². The second-order valence-electron chi connectivity index (χ2n) is 7.69. The predicted octanol–water partition coefficient (Wildman–Crippen LogP) is 6.07. The first-order valence-electron chi connectivity index (χ1n) is 10.1. The molecule has 2 aromatic rings. The van der Waals surface area contributed by atoms with Crippen LogP contribution in [0.15, 0.2) is 54.6 Å². The number of hydrogen-bond donors (Lipinski definition) is 0. The SMILES string of the molecule is O=C(OCc1ccccc1)N1C2C=C(c3ccc(OC(F)(F)F)c(F)c3)CC1CCC2. The summed E-state index contributed by atoms with van der Waals surface area (Å²) < 4.78 is 60.5. The summed E-state index contributed by atoms with van der Waals surface area (Å²) >= 11 is 0. The van der Waals surface area contributed by atoms with Crippen molar-refractivity contribution in [2.45, 2.75) is 50.7 Å². The van der Waals surface area contributed by atoms with Crippen LogP contribution in [0.1, 0.15) is 36.8 Å². The van der Waals surface area contributed by atoms with Crippen molar-refractivity contribution in [2.75, 3.05) is 0 Å². The number of carbonyl (C=O) groups excluding carboxylic acids is 1. The Morgan fingerprint density at radius 2 is 1.87 bits per heavy atom. The molecule has 2 heterocycles. The highest BCUT2D eigenvalue weighted by atomic mass is 19.4. The number of hydrogen-bond acceptors (Lipinski definition) is 3. The number of benzene rings is 2. The van der Waals surface area contributed by atoms with Gasteiger partial charge in [-0.05, 0) is 54.5 Å². The van der Waals surface area contributed by atoms with E-state index in [1.54, 1.807) is 4.90 Å². The van der Waals surface area contributed by atoms with Crippen LogP contribution in [0.2, 0.25) is 0 Å². The van der Waals surface area contributed by atoms with Gasteiger partial charge in [-0.3, -0.25) is 4.90 Å². The first kappa shape index (κ1) is 21.2. The fraction of sp³-hybridized carbons (Fsp3) is 0.348. The second-order valence-corrected chi connectivity index (χ2v) is 7.69. The molecule has 1 amide bonds. The van der Waals surface area contributed by atoms with Crippen molar-refractivity contribution in [2.24, 2.45) is 0 Å². The average molecular weight is 435 g/mol. The zero-order chi connectivity index (χ0) is 22.0. The standard InChI is InChI=1S/C23H21F4NO3/c24-20-13-16(9-10-21(20)31-23(25,26)27)17-11-18-7-4-8-19(12-17)28(18)22(29)30-14-15-5-2-1-3-6-15/h1-3,5-6,9-11,13,18-19H,4,7-8,12,14H2. The van der Waals surface area contributed by atoms with Crippen molar-refractivity contribution in [3.63, 3.8) is 0 Å². The maximum Gasteiger partial charge on any atom is 0.573 e. The van der Waals surface area contributed by atoms with Gasteiger partial charge in [0, 0.05) is 6.04 Å². The van der Waals surface area contributed by atoms with Gasteiger partial charge >= 0.3 is 12.5 Å². The number of piperidine rings is 1. The Kier molecular flexibility index (Phi) is 5.89. The van der Waals surface area contributed by atoms with Crippen LogP contribution in [0.25, 0.3) is 5.57 Å². The molecule has 4 nitrogen and oxygen atoms in total. The third-order valence-electron chi connectivity index (χ3n) is 5.58. The summed E-state index contributed by atoms with van der Waals surface area (Å²) in [5.74, 6) is -1.94. The van der Waals surface area contributed by atoms with E-state index >= 15 is 0 Å².